The number of nitro groups is 2. The van der Waals surface area contributed by atoms with Crippen molar-refractivity contribution in [2.45, 2.75) is 44.4 Å². The summed E-state index contributed by atoms with van der Waals surface area (Å²) in [7, 11) is 0. The van der Waals surface area contributed by atoms with Gasteiger partial charge in [0.25, 0.3) is 11.4 Å². The average molecular weight is 526 g/mol. The summed E-state index contributed by atoms with van der Waals surface area (Å²) in [5.41, 5.74) is -2.13. The molecule has 0 bridgehead atoms. The highest BCUT2D eigenvalue weighted by molar-refractivity contribution is 5.92. The Labute approximate surface area is 214 Å². The number of carboxylic acid groups (broad SMARTS) is 2. The average Bonchev–Trinajstić information content (AvgIpc) is 2.84. The van der Waals surface area contributed by atoms with E-state index in [4.69, 9.17) is 9.47 Å². The maximum atomic E-state index is 11.6. The second-order valence-electron chi connectivity index (χ2n) is 9.18. The number of benzene rings is 2. The summed E-state index contributed by atoms with van der Waals surface area (Å²) in [6.07, 6.45) is 0.459. The second kappa shape index (κ2) is 9.77. The van der Waals surface area contributed by atoms with Crippen molar-refractivity contribution in [3.05, 3.63) is 55.6 Å². The lowest BCUT2D eigenvalue weighted by atomic mass is 9.92. The third-order valence-electron chi connectivity index (χ3n) is 6.15. The number of hydrogen-bond donors (Lipinski definition) is 4. The monoisotopic (exact) mass is 526 g/mol. The zero-order valence-electron chi connectivity index (χ0n) is 20.1. The van der Waals surface area contributed by atoms with Crippen molar-refractivity contribution in [3.63, 3.8) is 0 Å². The molecule has 14 heteroatoms. The van der Waals surface area contributed by atoms with Crippen molar-refractivity contribution in [1.82, 2.24) is 0 Å². The minimum absolute atomic E-state index is 0.0562. The van der Waals surface area contributed by atoms with Gasteiger partial charge >= 0.3 is 11.9 Å². The third-order valence-corrected chi connectivity index (χ3v) is 6.15. The minimum atomic E-state index is -1.32. The van der Waals surface area contributed by atoms with Crippen LogP contribution in [-0.4, -0.2) is 56.3 Å². The van der Waals surface area contributed by atoms with Gasteiger partial charge < -0.3 is 30.3 Å². The van der Waals surface area contributed by atoms with Crippen molar-refractivity contribution in [3.8, 4) is 23.3 Å². The van der Waals surface area contributed by atoms with Gasteiger partial charge in [-0.3, -0.25) is 20.2 Å². The molecule has 0 aromatic heterocycles. The van der Waals surface area contributed by atoms with Crippen molar-refractivity contribution in [2.75, 3.05) is 17.2 Å². The van der Waals surface area contributed by atoms with Crippen LogP contribution in [0.1, 0.15) is 47.4 Å². The van der Waals surface area contributed by atoms with Crippen LogP contribution in [0.4, 0.5) is 22.7 Å². The number of nitro benzene ring substituents is 2. The molecule has 4 N–H and O–H groups in total. The first kappa shape index (κ1) is 26.0. The number of aromatic carboxylic acids is 2. The number of fused-ring (bicyclic) bond motifs is 2. The zero-order chi connectivity index (χ0) is 27.8. The number of carboxylic acids is 2. The van der Waals surface area contributed by atoms with Crippen molar-refractivity contribution in [1.29, 1.82) is 0 Å². The Morgan fingerprint density at radius 1 is 0.947 bits per heavy atom. The number of carbonyl (C=O) groups is 2. The highest BCUT2D eigenvalue weighted by Gasteiger charge is 2.40. The molecule has 2 aliphatic heterocycles. The van der Waals surface area contributed by atoms with Gasteiger partial charge in [-0.05, 0) is 26.0 Å². The van der Waals surface area contributed by atoms with E-state index < -0.39 is 50.8 Å². The van der Waals surface area contributed by atoms with Crippen LogP contribution < -0.4 is 20.1 Å². The van der Waals surface area contributed by atoms with Gasteiger partial charge in [0.05, 0.1) is 33.1 Å². The first-order chi connectivity index (χ1) is 17.9. The van der Waals surface area contributed by atoms with Gasteiger partial charge in [0.15, 0.2) is 17.1 Å². The molecule has 38 heavy (non-hydrogen) atoms. The molecular formula is C24H22N4O10. The maximum Gasteiger partial charge on any atom is 0.336 e. The first-order valence-electron chi connectivity index (χ1n) is 11.3. The molecule has 0 aliphatic carbocycles. The van der Waals surface area contributed by atoms with Crippen LogP contribution in [0.2, 0.25) is 0 Å². The lowest BCUT2D eigenvalue weighted by Gasteiger charge is -2.40. The summed E-state index contributed by atoms with van der Waals surface area (Å²) in [6.45, 7) is 3.59. The molecule has 2 atom stereocenters. The van der Waals surface area contributed by atoms with Gasteiger partial charge in [0.1, 0.15) is 18.0 Å². The molecule has 0 fully saturated rings. The number of rotatable bonds is 6. The normalized spacial score (nSPS) is 18.5. The predicted octanol–water partition coefficient (Wildman–Crippen LogP) is 3.51. The molecule has 0 saturated heterocycles. The zero-order valence-corrected chi connectivity index (χ0v) is 20.1. The molecular weight excluding hydrogens is 504 g/mol. The predicted molar refractivity (Wildman–Crippen MR) is 132 cm³/mol. The summed E-state index contributed by atoms with van der Waals surface area (Å²) >= 11 is 0. The molecule has 0 radical (unpaired) electrons. The Balaban J connectivity index is 1.48. The van der Waals surface area contributed by atoms with E-state index in [1.165, 1.54) is 12.1 Å². The molecule has 2 heterocycles. The van der Waals surface area contributed by atoms with E-state index in [0.717, 1.165) is 12.1 Å². The van der Waals surface area contributed by atoms with Gasteiger partial charge in [-0.25, -0.2) is 9.59 Å². The van der Waals surface area contributed by atoms with Crippen molar-refractivity contribution < 1.29 is 39.1 Å². The van der Waals surface area contributed by atoms with Gasteiger partial charge in [0.2, 0.25) is 0 Å². The van der Waals surface area contributed by atoms with Gasteiger partial charge in [0, 0.05) is 25.0 Å². The van der Waals surface area contributed by atoms with E-state index in [2.05, 4.69) is 22.5 Å². The van der Waals surface area contributed by atoms with Crippen molar-refractivity contribution in [2.24, 2.45) is 0 Å². The largest absolute Gasteiger partial charge is 0.489 e. The number of anilines is 2. The summed E-state index contributed by atoms with van der Waals surface area (Å²) in [5.74, 6) is 3.45. The molecule has 2 aromatic rings. The quantitative estimate of drug-likeness (QED) is 0.242. The van der Waals surface area contributed by atoms with Crippen LogP contribution in [0.5, 0.6) is 11.5 Å². The number of ether oxygens (including phenoxy) is 2. The Hall–Kier alpha value is -5.06. The van der Waals surface area contributed by atoms with Crippen LogP contribution in [0.3, 0.4) is 0 Å². The van der Waals surface area contributed by atoms with E-state index >= 15 is 0 Å². The molecule has 0 unspecified atom stereocenters. The van der Waals surface area contributed by atoms with Crippen LogP contribution in [0, 0.1) is 32.1 Å². The highest BCUT2D eigenvalue weighted by Crippen LogP contribution is 2.43. The lowest BCUT2D eigenvalue weighted by molar-refractivity contribution is -0.384. The van der Waals surface area contributed by atoms with Gasteiger partial charge in [-0.2, -0.15) is 0 Å². The van der Waals surface area contributed by atoms with Crippen LogP contribution in [0.15, 0.2) is 24.3 Å². The fourth-order valence-corrected chi connectivity index (χ4v) is 4.14. The summed E-state index contributed by atoms with van der Waals surface area (Å²) in [5, 5.41) is 47.5. The second-order valence-corrected chi connectivity index (χ2v) is 9.18. The summed E-state index contributed by atoms with van der Waals surface area (Å²) in [4.78, 5) is 44.3. The molecule has 4 rings (SSSR count). The molecule has 2 aromatic carbocycles. The molecule has 198 valence electrons. The third kappa shape index (κ3) is 5.07. The molecule has 14 nitrogen and oxygen atoms in total. The molecule has 2 aliphatic rings. The van der Waals surface area contributed by atoms with Crippen LogP contribution in [-0.2, 0) is 0 Å². The van der Waals surface area contributed by atoms with E-state index in [1.54, 1.807) is 13.8 Å². The maximum absolute atomic E-state index is 11.6. The SMILES string of the molecule is CC1(C)Oc2cc(C(=O)O)cc([N+](=O)[O-])c2N[C@H]1CC#CC[C@H]1COc2cc(C(=O)O)cc([N+](=O)[O-])c2N1. The van der Waals surface area contributed by atoms with E-state index in [1.807, 2.05) is 0 Å². The van der Waals surface area contributed by atoms with Crippen LogP contribution in [0.25, 0.3) is 0 Å². The van der Waals surface area contributed by atoms with Crippen molar-refractivity contribution >= 4 is 34.7 Å². The fraction of sp³-hybridized carbons (Fsp3) is 0.333. The smallest absolute Gasteiger partial charge is 0.336 e. The van der Waals surface area contributed by atoms with E-state index in [-0.39, 0.29) is 53.4 Å². The Morgan fingerprint density at radius 3 is 2.03 bits per heavy atom. The van der Waals surface area contributed by atoms with Crippen LogP contribution >= 0.6 is 0 Å². The molecule has 0 amide bonds. The number of nitrogens with zero attached hydrogens (tertiary/aromatic N) is 2. The van der Waals surface area contributed by atoms with E-state index in [0.29, 0.717) is 0 Å². The number of hydrogen-bond acceptors (Lipinski definition) is 10. The van der Waals surface area contributed by atoms with Gasteiger partial charge in [-0.15, -0.1) is 11.8 Å². The summed E-state index contributed by atoms with van der Waals surface area (Å²) in [6, 6.07) is 3.47. The lowest BCUT2D eigenvalue weighted by Crippen LogP contribution is -2.49. The molecule has 0 spiro atoms. The Morgan fingerprint density at radius 2 is 1.47 bits per heavy atom. The fourth-order valence-electron chi connectivity index (χ4n) is 4.14. The number of nitrogens with one attached hydrogen (secondary N) is 2. The Bertz CT molecular complexity index is 1430. The standard InChI is InChI=1S/C24H22N4O10/c1-24(2)19(26-21-16(28(35)36)8-13(23(31)32)10-18(21)38-24)6-4-3-5-14-11-37-17-9-12(22(29)30)7-15(27(33)34)20(17)25-14/h7-10,14,19,25-26H,5-6,11H2,1-2H3,(H,29,30)(H,31,32)/t14-,19-/m0/s1. The van der Waals surface area contributed by atoms with Gasteiger partial charge in [-0.1, -0.05) is 0 Å². The first-order valence-corrected chi connectivity index (χ1v) is 11.3. The topological polar surface area (TPSA) is 203 Å². The summed E-state index contributed by atoms with van der Waals surface area (Å²) < 4.78 is 11.5. The highest BCUT2D eigenvalue weighted by atomic mass is 16.6. The van der Waals surface area contributed by atoms with E-state index in [9.17, 15) is 40.0 Å². The Kier molecular flexibility index (Phi) is 6.69. The minimum Gasteiger partial charge on any atom is -0.489 e. The molecule has 0 saturated carbocycles.